The highest BCUT2D eigenvalue weighted by atomic mass is 127. The van der Waals surface area contributed by atoms with E-state index in [-0.39, 0.29) is 21.0 Å². The van der Waals surface area contributed by atoms with E-state index in [2.05, 4.69) is 22.6 Å². The molecule has 16 heavy (non-hydrogen) atoms. The first-order chi connectivity index (χ1) is 7.53. The molecule has 0 aliphatic heterocycles. The molecular weight excluding hydrogens is 319 g/mol. The smallest absolute Gasteiger partial charge is 0.293 e. The van der Waals surface area contributed by atoms with Crippen molar-refractivity contribution in [2.75, 3.05) is 6.61 Å². The molecule has 0 radical (unpaired) electrons. The van der Waals surface area contributed by atoms with Crippen molar-refractivity contribution in [2.45, 2.75) is 47.5 Å². The first-order valence-corrected chi connectivity index (χ1v) is 7.02. The number of aliphatic hydroxyl groups is 1. The Morgan fingerprint density at radius 3 is 2.75 bits per heavy atom. The molecule has 90 valence electrons. The van der Waals surface area contributed by atoms with Crippen LogP contribution >= 0.6 is 22.6 Å². The summed E-state index contributed by atoms with van der Waals surface area (Å²) in [6.07, 6.45) is 6.32. The highest BCUT2D eigenvalue weighted by Crippen LogP contribution is 2.66. The van der Waals surface area contributed by atoms with E-state index in [1.165, 1.54) is 6.42 Å². The van der Waals surface area contributed by atoms with Crippen LogP contribution in [0.4, 0.5) is 0 Å². The third kappa shape index (κ3) is 1.52. The predicted molar refractivity (Wildman–Crippen MR) is 67.3 cm³/mol. The van der Waals surface area contributed by atoms with Gasteiger partial charge in [-0.2, -0.15) is 0 Å². The van der Waals surface area contributed by atoms with Gasteiger partial charge in [-0.15, -0.1) is 0 Å². The summed E-state index contributed by atoms with van der Waals surface area (Å²) >= 11 is 2.54. The molecule has 4 aliphatic carbocycles. The zero-order valence-corrected chi connectivity index (χ0v) is 11.4. The lowest BCUT2D eigenvalue weighted by atomic mass is 9.48. The molecule has 4 fully saturated rings. The number of hydrogen-bond acceptors (Lipinski definition) is 3. The van der Waals surface area contributed by atoms with Gasteiger partial charge in [0.2, 0.25) is 0 Å². The summed E-state index contributed by atoms with van der Waals surface area (Å²) in [5.41, 5.74) is -0.227. The number of carbonyl (C=O) groups is 1. The Bertz CT molecular complexity index is 334. The van der Waals surface area contributed by atoms with Crippen LogP contribution in [0.2, 0.25) is 0 Å². The van der Waals surface area contributed by atoms with Gasteiger partial charge in [-0.1, -0.05) is 22.6 Å². The van der Waals surface area contributed by atoms with Crippen LogP contribution in [0, 0.1) is 11.3 Å². The molecule has 4 unspecified atom stereocenters. The SMILES string of the molecule is O=COC12CC3CC(I)(CC(CO)(C3)C1)C2. The first-order valence-electron chi connectivity index (χ1n) is 5.94. The minimum Gasteiger partial charge on any atom is -0.461 e. The van der Waals surface area contributed by atoms with E-state index in [4.69, 9.17) is 4.74 Å². The van der Waals surface area contributed by atoms with Gasteiger partial charge in [0.05, 0.1) is 0 Å². The molecule has 4 atom stereocenters. The second kappa shape index (κ2) is 3.34. The third-order valence-electron chi connectivity index (χ3n) is 4.70. The van der Waals surface area contributed by atoms with Crippen LogP contribution < -0.4 is 0 Å². The fourth-order valence-electron chi connectivity index (χ4n) is 4.84. The van der Waals surface area contributed by atoms with E-state index in [9.17, 15) is 9.90 Å². The van der Waals surface area contributed by atoms with Crippen molar-refractivity contribution >= 4 is 29.1 Å². The lowest BCUT2D eigenvalue weighted by molar-refractivity contribution is -0.188. The third-order valence-corrected chi connectivity index (χ3v) is 5.90. The minimum atomic E-state index is -0.259. The molecule has 1 N–H and O–H groups in total. The van der Waals surface area contributed by atoms with Gasteiger partial charge in [-0.25, -0.2) is 0 Å². The van der Waals surface area contributed by atoms with Crippen molar-refractivity contribution in [2.24, 2.45) is 11.3 Å². The van der Waals surface area contributed by atoms with Gasteiger partial charge in [0.25, 0.3) is 6.47 Å². The monoisotopic (exact) mass is 336 g/mol. The van der Waals surface area contributed by atoms with Gasteiger partial charge < -0.3 is 9.84 Å². The van der Waals surface area contributed by atoms with Crippen LogP contribution in [0.15, 0.2) is 0 Å². The maximum absolute atomic E-state index is 10.7. The summed E-state index contributed by atoms with van der Waals surface area (Å²) in [6.45, 7) is 0.858. The van der Waals surface area contributed by atoms with Gasteiger partial charge in [-0.3, -0.25) is 4.79 Å². The van der Waals surface area contributed by atoms with Crippen LogP contribution in [0.1, 0.15) is 38.5 Å². The lowest BCUT2D eigenvalue weighted by Gasteiger charge is -2.63. The summed E-state index contributed by atoms with van der Waals surface area (Å²) < 4.78 is 5.69. The molecule has 4 heteroatoms. The van der Waals surface area contributed by atoms with E-state index in [0.29, 0.717) is 12.4 Å². The molecule has 0 aromatic rings. The Morgan fingerprint density at radius 2 is 2.12 bits per heavy atom. The van der Waals surface area contributed by atoms with Crippen molar-refractivity contribution in [1.29, 1.82) is 0 Å². The van der Waals surface area contributed by atoms with E-state index in [1.54, 1.807) is 0 Å². The van der Waals surface area contributed by atoms with Gasteiger partial charge in [0.1, 0.15) is 5.60 Å². The molecule has 0 aromatic heterocycles. The van der Waals surface area contributed by atoms with Crippen molar-refractivity contribution in [3.05, 3.63) is 0 Å². The Hall–Kier alpha value is 0.160. The zero-order chi connectivity index (χ0) is 11.4. The topological polar surface area (TPSA) is 46.5 Å². The van der Waals surface area contributed by atoms with Crippen LogP contribution in [-0.2, 0) is 9.53 Å². The quantitative estimate of drug-likeness (QED) is 0.487. The Balaban J connectivity index is 1.97. The summed E-state index contributed by atoms with van der Waals surface area (Å²) in [7, 11) is 0. The molecule has 0 spiro atoms. The number of hydrogen-bond donors (Lipinski definition) is 1. The maximum Gasteiger partial charge on any atom is 0.293 e. The van der Waals surface area contributed by atoms with Gasteiger partial charge in [0.15, 0.2) is 0 Å². The molecule has 0 amide bonds. The zero-order valence-electron chi connectivity index (χ0n) is 9.25. The lowest BCUT2D eigenvalue weighted by Crippen LogP contribution is -2.62. The van der Waals surface area contributed by atoms with Gasteiger partial charge in [0, 0.05) is 16.4 Å². The summed E-state index contributed by atoms with van der Waals surface area (Å²) in [5.74, 6) is 0.639. The van der Waals surface area contributed by atoms with E-state index in [1.807, 2.05) is 0 Å². The minimum absolute atomic E-state index is 0.0314. The van der Waals surface area contributed by atoms with Gasteiger partial charge in [-0.05, 0) is 43.4 Å². The summed E-state index contributed by atoms with van der Waals surface area (Å²) in [5, 5.41) is 9.68. The Kier molecular flexibility index (Phi) is 2.35. The fourth-order valence-corrected chi connectivity index (χ4v) is 6.96. The Morgan fingerprint density at radius 1 is 1.31 bits per heavy atom. The van der Waals surface area contributed by atoms with Crippen LogP contribution in [-0.4, -0.2) is 27.2 Å². The Labute approximate surface area is 109 Å². The molecule has 4 bridgehead atoms. The normalized spacial score (nSPS) is 54.0. The second-order valence-corrected chi connectivity index (χ2v) is 8.50. The largest absolute Gasteiger partial charge is 0.461 e. The molecule has 0 heterocycles. The molecule has 3 nitrogen and oxygen atoms in total. The van der Waals surface area contributed by atoms with Crippen molar-refractivity contribution < 1.29 is 14.6 Å². The molecule has 4 aliphatic rings. The van der Waals surface area contributed by atoms with Gasteiger partial charge >= 0.3 is 0 Å². The van der Waals surface area contributed by atoms with Crippen molar-refractivity contribution in [3.8, 4) is 0 Å². The fraction of sp³-hybridized carbons (Fsp3) is 0.917. The van der Waals surface area contributed by atoms with Crippen LogP contribution in [0.5, 0.6) is 0 Å². The molecule has 0 aromatic carbocycles. The van der Waals surface area contributed by atoms with Crippen LogP contribution in [0.25, 0.3) is 0 Å². The van der Waals surface area contributed by atoms with Crippen molar-refractivity contribution in [3.63, 3.8) is 0 Å². The molecule has 0 saturated heterocycles. The van der Waals surface area contributed by atoms with E-state index in [0.717, 1.165) is 32.1 Å². The maximum atomic E-state index is 10.7. The molecular formula is C12H17IO3. The number of aliphatic hydroxyl groups excluding tert-OH is 1. The predicted octanol–water partition coefficient (Wildman–Crippen LogP) is 2.05. The standard InChI is InChI=1S/C12H17IO3/c13-11-2-9-1-10(4-11,7-14)5-12(3-9,6-11)16-8-15/h8-9,14H,1-7H2. The number of carbonyl (C=O) groups excluding carboxylic acids is 1. The summed E-state index contributed by atoms with van der Waals surface area (Å²) in [4.78, 5) is 10.7. The van der Waals surface area contributed by atoms with Crippen LogP contribution in [0.3, 0.4) is 0 Å². The average molecular weight is 336 g/mol. The number of ether oxygens (including phenoxy) is 1. The van der Waals surface area contributed by atoms with E-state index < -0.39 is 0 Å². The highest BCUT2D eigenvalue weighted by molar-refractivity contribution is 14.1. The van der Waals surface area contributed by atoms with Crippen molar-refractivity contribution in [1.82, 2.24) is 0 Å². The first kappa shape index (κ1) is 11.3. The summed E-state index contributed by atoms with van der Waals surface area (Å²) in [6, 6.07) is 0. The molecule has 4 rings (SSSR count). The second-order valence-electron chi connectivity index (χ2n) is 6.21. The number of halogens is 1. The molecule has 4 saturated carbocycles. The van der Waals surface area contributed by atoms with E-state index >= 15 is 0 Å². The average Bonchev–Trinajstić information content (AvgIpc) is 2.13. The number of rotatable bonds is 3. The highest BCUT2D eigenvalue weighted by Gasteiger charge is 2.63. The number of alkyl halides is 1.